The molecule has 4 heterocycles. The molecule has 5 aromatic rings. The Labute approximate surface area is 222 Å². The molecule has 2 aliphatic heterocycles. The van der Waals surface area contributed by atoms with Crippen molar-refractivity contribution < 1.29 is 14.4 Å². The van der Waals surface area contributed by atoms with Crippen LogP contribution in [0, 0.1) is 5.92 Å². The smallest absolute Gasteiger partial charge is 0.274 e. The van der Waals surface area contributed by atoms with E-state index < -0.39 is 5.54 Å². The number of hydrogen-bond donors (Lipinski definition) is 4. The van der Waals surface area contributed by atoms with E-state index in [0.717, 1.165) is 39.6 Å². The van der Waals surface area contributed by atoms with Gasteiger partial charge in [0.15, 0.2) is 5.78 Å². The Bertz CT molecular complexity index is 1880. The summed E-state index contributed by atoms with van der Waals surface area (Å²) in [6.45, 7) is 1.33. The summed E-state index contributed by atoms with van der Waals surface area (Å²) >= 11 is 0. The lowest BCUT2D eigenvalue weighted by Gasteiger charge is -2.48. The standard InChI is InChI=1S/C31H23N5O3/c37-27-14-28-31(22-7-3-2-6-21(22)27)19(15-32-31)16-36(28)30(39)26-13-18-11-20(9-10-24(18)35-26)33-29(38)25-12-17-5-1-4-8-23(17)34-25/h1-14,19,32,34-35H,15-16H2,(H,33,38). The SMILES string of the molecule is O=C(Nc1ccc2[nH]c(C(=O)N3CC4CNC45C3=CC(=O)c3ccccc35)cc2c1)c1cc2ccccc2[nH]1. The van der Waals surface area contributed by atoms with E-state index in [-0.39, 0.29) is 23.5 Å². The lowest BCUT2D eigenvalue weighted by atomic mass is 9.68. The van der Waals surface area contributed by atoms with Crippen LogP contribution in [-0.4, -0.2) is 45.6 Å². The molecule has 2 fully saturated rings. The van der Waals surface area contributed by atoms with Crippen molar-refractivity contribution in [1.29, 1.82) is 0 Å². The second-order valence-electron chi connectivity index (χ2n) is 10.5. The summed E-state index contributed by atoms with van der Waals surface area (Å²) in [6.07, 6.45) is 1.62. The van der Waals surface area contributed by atoms with Gasteiger partial charge in [0, 0.05) is 58.1 Å². The third-order valence-corrected chi connectivity index (χ3v) is 8.35. The largest absolute Gasteiger partial charge is 0.351 e. The van der Waals surface area contributed by atoms with Crippen LogP contribution in [0.25, 0.3) is 21.8 Å². The molecule has 2 saturated heterocycles. The number of carbonyl (C=O) groups is 3. The second-order valence-corrected chi connectivity index (χ2v) is 10.5. The topological polar surface area (TPSA) is 110 Å². The minimum Gasteiger partial charge on any atom is -0.351 e. The Morgan fingerprint density at radius 1 is 0.872 bits per heavy atom. The molecule has 2 amide bonds. The highest BCUT2D eigenvalue weighted by molar-refractivity contribution is 6.10. The van der Waals surface area contributed by atoms with Crippen molar-refractivity contribution in [3.05, 3.63) is 113 Å². The van der Waals surface area contributed by atoms with Gasteiger partial charge in [0.2, 0.25) is 0 Å². The number of amides is 2. The highest BCUT2D eigenvalue weighted by Crippen LogP contribution is 2.53. The molecule has 0 bridgehead atoms. The van der Waals surface area contributed by atoms with E-state index in [4.69, 9.17) is 0 Å². The van der Waals surface area contributed by atoms with Gasteiger partial charge in [0.05, 0.1) is 11.2 Å². The molecule has 8 heteroatoms. The van der Waals surface area contributed by atoms with Crippen LogP contribution in [0.1, 0.15) is 36.9 Å². The lowest BCUT2D eigenvalue weighted by Crippen LogP contribution is -2.62. The van der Waals surface area contributed by atoms with Gasteiger partial charge in [-0.1, -0.05) is 42.5 Å². The Hall–Kier alpha value is -4.95. The fraction of sp³-hybridized carbons (Fsp3) is 0.129. The van der Waals surface area contributed by atoms with Crippen molar-refractivity contribution in [2.75, 3.05) is 18.4 Å². The van der Waals surface area contributed by atoms with Crippen molar-refractivity contribution in [2.45, 2.75) is 5.54 Å². The van der Waals surface area contributed by atoms with Crippen LogP contribution >= 0.6 is 0 Å². The van der Waals surface area contributed by atoms with Crippen LogP contribution in [0.3, 0.4) is 0 Å². The maximum absolute atomic E-state index is 13.8. The molecule has 4 N–H and O–H groups in total. The highest BCUT2D eigenvalue weighted by atomic mass is 16.2. The Morgan fingerprint density at radius 3 is 2.49 bits per heavy atom. The number of nitrogens with zero attached hydrogens (tertiary/aromatic N) is 1. The molecule has 8 nitrogen and oxygen atoms in total. The zero-order valence-corrected chi connectivity index (χ0v) is 20.7. The summed E-state index contributed by atoms with van der Waals surface area (Å²) < 4.78 is 0. The van der Waals surface area contributed by atoms with E-state index in [1.807, 2.05) is 72.8 Å². The van der Waals surface area contributed by atoms with Crippen LogP contribution in [0.2, 0.25) is 0 Å². The molecule has 0 radical (unpaired) electrons. The number of H-pyrrole nitrogens is 2. The number of rotatable bonds is 3. The molecule has 2 atom stereocenters. The molecular weight excluding hydrogens is 490 g/mol. The van der Waals surface area contributed by atoms with Gasteiger partial charge in [-0.2, -0.15) is 0 Å². The number of benzene rings is 3. The maximum atomic E-state index is 13.8. The number of nitrogens with one attached hydrogen (secondary N) is 4. The van der Waals surface area contributed by atoms with Gasteiger partial charge < -0.3 is 25.5 Å². The molecule has 8 rings (SSSR count). The zero-order valence-electron chi connectivity index (χ0n) is 20.7. The predicted octanol–water partition coefficient (Wildman–Crippen LogP) is 4.55. The van der Waals surface area contributed by atoms with Crippen LogP contribution < -0.4 is 10.6 Å². The molecule has 2 aromatic heterocycles. The summed E-state index contributed by atoms with van der Waals surface area (Å²) in [5, 5.41) is 8.26. The first-order chi connectivity index (χ1) is 19.0. The van der Waals surface area contributed by atoms with E-state index in [1.165, 1.54) is 0 Å². The molecule has 1 spiro atoms. The number of hydrogen-bond acceptors (Lipinski definition) is 4. The normalized spacial score (nSPS) is 21.2. The number of likely N-dealkylation sites (tertiary alicyclic amines) is 1. The average molecular weight is 514 g/mol. The predicted molar refractivity (Wildman–Crippen MR) is 148 cm³/mol. The molecule has 1 aliphatic carbocycles. The number of fused-ring (bicyclic) bond motifs is 3. The lowest BCUT2D eigenvalue weighted by molar-refractivity contribution is 0.0814. The van der Waals surface area contributed by atoms with Gasteiger partial charge in [-0.15, -0.1) is 0 Å². The van der Waals surface area contributed by atoms with Gasteiger partial charge in [0.1, 0.15) is 11.4 Å². The monoisotopic (exact) mass is 513 g/mol. The zero-order chi connectivity index (χ0) is 26.3. The fourth-order valence-electron chi connectivity index (χ4n) is 6.43. The first-order valence-corrected chi connectivity index (χ1v) is 13.0. The Kier molecular flexibility index (Phi) is 4.40. The first-order valence-electron chi connectivity index (χ1n) is 13.0. The fourth-order valence-corrected chi connectivity index (χ4v) is 6.43. The van der Waals surface area contributed by atoms with Gasteiger partial charge in [-0.05, 0) is 42.0 Å². The highest BCUT2D eigenvalue weighted by Gasteiger charge is 2.61. The number of allylic oxidation sites excluding steroid dienone is 1. The first kappa shape index (κ1) is 22.1. The van der Waals surface area contributed by atoms with Crippen molar-refractivity contribution in [1.82, 2.24) is 20.2 Å². The molecule has 190 valence electrons. The molecule has 2 unspecified atom stereocenters. The van der Waals surface area contributed by atoms with Crippen molar-refractivity contribution in [3.8, 4) is 0 Å². The average Bonchev–Trinajstić information content (AvgIpc) is 3.62. The number of anilines is 1. The number of carbonyl (C=O) groups excluding carboxylic acids is 3. The minimum atomic E-state index is -0.494. The van der Waals surface area contributed by atoms with Gasteiger partial charge in [-0.3, -0.25) is 14.4 Å². The number of ketones is 1. The van der Waals surface area contributed by atoms with E-state index in [0.29, 0.717) is 29.2 Å². The van der Waals surface area contributed by atoms with Crippen LogP contribution in [0.4, 0.5) is 5.69 Å². The molecule has 3 aliphatic rings. The molecule has 3 aromatic carbocycles. The van der Waals surface area contributed by atoms with Crippen molar-refractivity contribution in [2.24, 2.45) is 5.92 Å². The van der Waals surface area contributed by atoms with E-state index >= 15 is 0 Å². The third kappa shape index (κ3) is 3.06. The molecular formula is C31H23N5O3. The number of para-hydroxylation sites is 1. The van der Waals surface area contributed by atoms with Gasteiger partial charge in [-0.25, -0.2) is 0 Å². The van der Waals surface area contributed by atoms with E-state index in [1.54, 1.807) is 17.0 Å². The quantitative estimate of drug-likeness (QED) is 0.284. The third-order valence-electron chi connectivity index (χ3n) is 8.35. The summed E-state index contributed by atoms with van der Waals surface area (Å²) in [5.41, 5.74) is 5.10. The maximum Gasteiger partial charge on any atom is 0.274 e. The Morgan fingerprint density at radius 2 is 1.64 bits per heavy atom. The van der Waals surface area contributed by atoms with Gasteiger partial charge in [0.25, 0.3) is 11.8 Å². The number of aromatic amines is 2. The molecule has 0 saturated carbocycles. The molecule has 39 heavy (non-hydrogen) atoms. The van der Waals surface area contributed by atoms with E-state index in [2.05, 4.69) is 20.6 Å². The second kappa shape index (κ2) is 7.78. The van der Waals surface area contributed by atoms with Crippen molar-refractivity contribution in [3.63, 3.8) is 0 Å². The van der Waals surface area contributed by atoms with Crippen LogP contribution in [-0.2, 0) is 5.54 Å². The Balaban J connectivity index is 1.08. The summed E-state index contributed by atoms with van der Waals surface area (Å²) in [6, 6.07) is 24.5. The summed E-state index contributed by atoms with van der Waals surface area (Å²) in [5.74, 6) is -0.288. The van der Waals surface area contributed by atoms with Crippen LogP contribution in [0.15, 0.2) is 90.6 Å². The number of aromatic nitrogens is 2. The minimum absolute atomic E-state index is 0.0784. The summed E-state index contributed by atoms with van der Waals surface area (Å²) in [4.78, 5) is 47.7. The van der Waals surface area contributed by atoms with E-state index in [9.17, 15) is 14.4 Å². The summed E-state index contributed by atoms with van der Waals surface area (Å²) in [7, 11) is 0. The van der Waals surface area contributed by atoms with Crippen LogP contribution in [0.5, 0.6) is 0 Å². The van der Waals surface area contributed by atoms with Crippen molar-refractivity contribution >= 4 is 45.1 Å². The van der Waals surface area contributed by atoms with Gasteiger partial charge >= 0.3 is 0 Å².